The number of carbonyl (C=O) groups is 2. The Bertz CT molecular complexity index is 678. The minimum atomic E-state index is -0.969. The largest absolute Gasteiger partial charge is 0.463 e. The van der Waals surface area contributed by atoms with Gasteiger partial charge in [-0.2, -0.15) is 0 Å². The number of ether oxygens (including phenoxy) is 3. The summed E-state index contributed by atoms with van der Waals surface area (Å²) in [5.74, 6) is 0.271. The molecule has 6 heteroatoms. The molecule has 0 bridgehead atoms. The molecule has 1 heterocycles. The predicted octanol–water partition coefficient (Wildman–Crippen LogP) is 9.41. The van der Waals surface area contributed by atoms with Gasteiger partial charge in [0, 0.05) is 12.8 Å². The zero-order chi connectivity index (χ0) is 30.7. The van der Waals surface area contributed by atoms with Crippen LogP contribution < -0.4 is 0 Å². The van der Waals surface area contributed by atoms with Gasteiger partial charge in [0.2, 0.25) is 0 Å². The predicted molar refractivity (Wildman–Crippen MR) is 172 cm³/mol. The summed E-state index contributed by atoms with van der Waals surface area (Å²) >= 11 is 0. The van der Waals surface area contributed by atoms with Crippen molar-refractivity contribution in [1.82, 2.24) is 0 Å². The van der Waals surface area contributed by atoms with Crippen molar-refractivity contribution in [3.63, 3.8) is 0 Å². The molecule has 1 N–H and O–H groups in total. The number of hydrogen-bond donors (Lipinski definition) is 1. The Morgan fingerprint density at radius 3 is 1.83 bits per heavy atom. The van der Waals surface area contributed by atoms with Gasteiger partial charge in [-0.1, -0.05) is 129 Å². The van der Waals surface area contributed by atoms with E-state index in [4.69, 9.17) is 14.2 Å². The normalized spacial score (nSPS) is 17.8. The van der Waals surface area contributed by atoms with Crippen molar-refractivity contribution in [2.24, 2.45) is 5.92 Å². The first kappa shape index (κ1) is 38.6. The molecule has 0 spiro atoms. The minimum Gasteiger partial charge on any atom is -0.463 e. The third-order valence-corrected chi connectivity index (χ3v) is 8.46. The lowest BCUT2D eigenvalue weighted by atomic mass is 9.99. The first-order chi connectivity index (χ1) is 20.5. The molecule has 1 fully saturated rings. The lowest BCUT2D eigenvalue weighted by molar-refractivity contribution is -0.152. The number of unbranched alkanes of at least 4 members (excludes halogenated alkanes) is 14. The van der Waals surface area contributed by atoms with Crippen molar-refractivity contribution in [2.45, 2.75) is 187 Å². The van der Waals surface area contributed by atoms with Gasteiger partial charge in [-0.3, -0.25) is 9.59 Å². The van der Waals surface area contributed by atoms with E-state index in [1.165, 1.54) is 77.0 Å². The number of esters is 2. The number of hydrogen-bond acceptors (Lipinski definition) is 6. The highest BCUT2D eigenvalue weighted by Crippen LogP contribution is 2.30. The molecule has 0 amide bonds. The van der Waals surface area contributed by atoms with Crippen LogP contribution >= 0.6 is 0 Å². The molecule has 0 aliphatic carbocycles. The third-order valence-electron chi connectivity index (χ3n) is 8.46. The quantitative estimate of drug-likeness (QED) is 0.0386. The summed E-state index contributed by atoms with van der Waals surface area (Å²) in [6.07, 6.45) is 29.9. The van der Waals surface area contributed by atoms with Gasteiger partial charge in [-0.15, -0.1) is 0 Å². The Labute approximate surface area is 258 Å². The maximum absolute atomic E-state index is 11.9. The summed E-state index contributed by atoms with van der Waals surface area (Å²) in [6.45, 7) is 6.59. The highest BCUT2D eigenvalue weighted by atomic mass is 16.6. The fraction of sp³-hybridized carbons (Fsp3) is 0.889. The number of aliphatic hydroxyl groups excluding tert-OH is 1. The standard InChI is InChI=1S/C36H66O6/c1-4-6-7-8-15-20-25-33-34(42-33)26-21-16-13-18-23-28-36(39)41-30-32(37)29-40-35(38)27-22-17-12-10-9-11-14-19-24-31(3)5-2/h15,20,31-34,37H,4-14,16-19,21-30H2,1-3H3/b20-15-/t31?,32-,33?,34?/m1/s1. The Balaban J connectivity index is 1.84. The number of carbonyl (C=O) groups excluding carboxylic acids is 2. The van der Waals surface area contributed by atoms with E-state index < -0.39 is 6.10 Å². The monoisotopic (exact) mass is 594 g/mol. The number of epoxide rings is 1. The molecule has 0 aromatic heterocycles. The summed E-state index contributed by atoms with van der Waals surface area (Å²) in [7, 11) is 0. The third kappa shape index (κ3) is 24.1. The van der Waals surface area contributed by atoms with E-state index in [9.17, 15) is 14.7 Å². The van der Waals surface area contributed by atoms with Crippen LogP contribution in [0.2, 0.25) is 0 Å². The summed E-state index contributed by atoms with van der Waals surface area (Å²) in [6, 6.07) is 0. The SMILES string of the molecule is CCCCC/C=C\CC1OC1CCCCCCCC(=O)OC[C@H](O)COC(=O)CCCCCCCCCCC(C)CC. The second-order valence-corrected chi connectivity index (χ2v) is 12.6. The van der Waals surface area contributed by atoms with Crippen molar-refractivity contribution in [2.75, 3.05) is 13.2 Å². The number of allylic oxidation sites excluding steroid dienone is 1. The smallest absolute Gasteiger partial charge is 0.305 e. The Hall–Kier alpha value is -1.40. The van der Waals surface area contributed by atoms with Crippen molar-refractivity contribution < 1.29 is 28.9 Å². The first-order valence-corrected chi connectivity index (χ1v) is 17.8. The lowest BCUT2D eigenvalue weighted by Crippen LogP contribution is -2.25. The van der Waals surface area contributed by atoms with Gasteiger partial charge >= 0.3 is 11.9 Å². The first-order valence-electron chi connectivity index (χ1n) is 17.8. The molecule has 1 aliphatic rings. The van der Waals surface area contributed by atoms with Crippen LogP contribution in [0.5, 0.6) is 0 Å². The minimum absolute atomic E-state index is 0.121. The van der Waals surface area contributed by atoms with Crippen molar-refractivity contribution >= 4 is 11.9 Å². The molecule has 1 aliphatic heterocycles. The molecule has 42 heavy (non-hydrogen) atoms. The summed E-state index contributed by atoms with van der Waals surface area (Å²) < 4.78 is 16.1. The maximum Gasteiger partial charge on any atom is 0.305 e. The topological polar surface area (TPSA) is 85.4 Å². The molecule has 246 valence electrons. The van der Waals surface area contributed by atoms with Crippen molar-refractivity contribution in [3.05, 3.63) is 12.2 Å². The lowest BCUT2D eigenvalue weighted by Gasteiger charge is -2.12. The van der Waals surface area contributed by atoms with E-state index in [0.717, 1.165) is 63.7 Å². The molecule has 4 atom stereocenters. The summed E-state index contributed by atoms with van der Waals surface area (Å²) in [5.41, 5.74) is 0. The van der Waals surface area contributed by atoms with E-state index >= 15 is 0 Å². The van der Waals surface area contributed by atoms with E-state index in [1.807, 2.05) is 0 Å². The zero-order valence-corrected chi connectivity index (χ0v) is 27.6. The highest BCUT2D eigenvalue weighted by molar-refractivity contribution is 5.69. The Kier molecular flexibility index (Phi) is 25.0. The molecule has 1 saturated heterocycles. The van der Waals surface area contributed by atoms with Gasteiger partial charge in [-0.05, 0) is 44.4 Å². The van der Waals surface area contributed by atoms with Crippen LogP contribution in [0.1, 0.15) is 168 Å². The molecule has 6 nitrogen and oxygen atoms in total. The van der Waals surface area contributed by atoms with Crippen LogP contribution in [0, 0.1) is 5.92 Å². The molecule has 1 rings (SSSR count). The van der Waals surface area contributed by atoms with Gasteiger partial charge in [0.25, 0.3) is 0 Å². The van der Waals surface area contributed by atoms with Gasteiger partial charge in [0.1, 0.15) is 19.3 Å². The second kappa shape index (κ2) is 27.2. The van der Waals surface area contributed by atoms with Crippen LogP contribution in [0.15, 0.2) is 12.2 Å². The summed E-state index contributed by atoms with van der Waals surface area (Å²) in [5, 5.41) is 9.98. The molecular formula is C36H66O6. The van der Waals surface area contributed by atoms with Crippen LogP contribution in [-0.4, -0.2) is 48.6 Å². The van der Waals surface area contributed by atoms with Crippen LogP contribution in [0.4, 0.5) is 0 Å². The Morgan fingerprint density at radius 2 is 1.26 bits per heavy atom. The second-order valence-electron chi connectivity index (χ2n) is 12.6. The van der Waals surface area contributed by atoms with Crippen LogP contribution in [0.3, 0.4) is 0 Å². The van der Waals surface area contributed by atoms with Gasteiger partial charge in [0.15, 0.2) is 0 Å². The molecule has 0 radical (unpaired) electrons. The molecular weight excluding hydrogens is 528 g/mol. The molecule has 0 saturated carbocycles. The zero-order valence-electron chi connectivity index (χ0n) is 27.6. The number of aliphatic hydroxyl groups is 1. The fourth-order valence-electron chi connectivity index (χ4n) is 5.24. The Morgan fingerprint density at radius 1 is 0.714 bits per heavy atom. The van der Waals surface area contributed by atoms with Crippen molar-refractivity contribution in [1.29, 1.82) is 0 Å². The van der Waals surface area contributed by atoms with Gasteiger partial charge in [0.05, 0.1) is 12.2 Å². The average molecular weight is 595 g/mol. The highest BCUT2D eigenvalue weighted by Gasteiger charge is 2.36. The molecule has 0 aromatic carbocycles. The summed E-state index contributed by atoms with van der Waals surface area (Å²) in [4.78, 5) is 23.9. The van der Waals surface area contributed by atoms with Crippen LogP contribution in [0.25, 0.3) is 0 Å². The van der Waals surface area contributed by atoms with Gasteiger partial charge in [-0.25, -0.2) is 0 Å². The van der Waals surface area contributed by atoms with Crippen LogP contribution in [-0.2, 0) is 23.8 Å². The molecule has 0 aromatic rings. The molecule has 3 unspecified atom stereocenters. The van der Waals surface area contributed by atoms with E-state index in [1.54, 1.807) is 0 Å². The van der Waals surface area contributed by atoms with Crippen molar-refractivity contribution in [3.8, 4) is 0 Å². The maximum atomic E-state index is 11.9. The van der Waals surface area contributed by atoms with E-state index in [0.29, 0.717) is 25.0 Å². The average Bonchev–Trinajstić information content (AvgIpc) is 3.74. The number of rotatable bonds is 30. The van der Waals surface area contributed by atoms with E-state index in [2.05, 4.69) is 32.9 Å². The fourth-order valence-corrected chi connectivity index (χ4v) is 5.24. The van der Waals surface area contributed by atoms with E-state index in [-0.39, 0.29) is 25.2 Å². The van der Waals surface area contributed by atoms with Gasteiger partial charge < -0.3 is 19.3 Å².